The fourth-order valence-corrected chi connectivity index (χ4v) is 3.18. The molecule has 0 atom stereocenters. The van der Waals surface area contributed by atoms with E-state index in [2.05, 4.69) is 15.4 Å². The van der Waals surface area contributed by atoms with Crippen LogP contribution in [0.4, 0.5) is 25.8 Å². The molecule has 0 aliphatic carbocycles. The lowest BCUT2D eigenvalue weighted by Crippen LogP contribution is -2.37. The van der Waals surface area contributed by atoms with Crippen molar-refractivity contribution in [2.75, 3.05) is 36.5 Å². The first-order valence-corrected chi connectivity index (χ1v) is 9.53. The van der Waals surface area contributed by atoms with Crippen LogP contribution in [-0.2, 0) is 4.74 Å². The summed E-state index contributed by atoms with van der Waals surface area (Å²) < 4.78 is 34.7. The van der Waals surface area contributed by atoms with Crippen molar-refractivity contribution in [3.63, 3.8) is 0 Å². The lowest BCUT2D eigenvalue weighted by molar-refractivity contribution is -0.384. The number of amides is 1. The largest absolute Gasteiger partial charge is 0.433 e. The van der Waals surface area contributed by atoms with Crippen LogP contribution in [-0.4, -0.2) is 48.9 Å². The summed E-state index contributed by atoms with van der Waals surface area (Å²) in [5.74, 6) is -0.846. The van der Waals surface area contributed by atoms with Crippen molar-refractivity contribution < 1.29 is 28.0 Å². The van der Waals surface area contributed by atoms with Gasteiger partial charge in [-0.3, -0.25) is 20.2 Å². The molecule has 2 N–H and O–H groups in total. The summed E-state index contributed by atoms with van der Waals surface area (Å²) >= 11 is 5.06. The number of carbonyl (C=O) groups excluding carboxylic acids is 1. The Labute approximate surface area is 181 Å². The van der Waals surface area contributed by atoms with E-state index < -0.39 is 17.4 Å². The zero-order valence-electron chi connectivity index (χ0n) is 16.0. The van der Waals surface area contributed by atoms with E-state index in [1.165, 1.54) is 30.3 Å². The van der Waals surface area contributed by atoms with Gasteiger partial charge in [-0.25, -0.2) is 0 Å². The second-order valence-electron chi connectivity index (χ2n) is 6.34. The number of nitro benzene ring substituents is 1. The molecule has 3 rings (SSSR count). The van der Waals surface area contributed by atoms with Crippen LogP contribution in [0.5, 0.6) is 5.75 Å². The molecule has 0 saturated carbocycles. The average molecular weight is 452 g/mol. The van der Waals surface area contributed by atoms with Gasteiger partial charge in [0, 0.05) is 24.7 Å². The highest BCUT2D eigenvalue weighted by molar-refractivity contribution is 7.80. The summed E-state index contributed by atoms with van der Waals surface area (Å²) in [7, 11) is 0. The number of nitro groups is 1. The first-order chi connectivity index (χ1) is 14.8. The third-order valence-corrected chi connectivity index (χ3v) is 4.57. The van der Waals surface area contributed by atoms with E-state index in [0.29, 0.717) is 32.0 Å². The predicted octanol–water partition coefficient (Wildman–Crippen LogP) is 3.16. The fourth-order valence-electron chi connectivity index (χ4n) is 2.98. The van der Waals surface area contributed by atoms with Gasteiger partial charge in [0.2, 0.25) is 0 Å². The molecule has 1 aliphatic rings. The van der Waals surface area contributed by atoms with E-state index in [1.54, 1.807) is 6.07 Å². The van der Waals surface area contributed by atoms with Gasteiger partial charge in [0.25, 0.3) is 11.6 Å². The Kier molecular flexibility index (Phi) is 7.26. The molecule has 164 valence electrons. The van der Waals surface area contributed by atoms with Crippen LogP contribution in [0.15, 0.2) is 42.5 Å². The van der Waals surface area contributed by atoms with Crippen LogP contribution in [0.1, 0.15) is 10.4 Å². The number of nitrogens with zero attached hydrogens (tertiary/aromatic N) is 2. The molecule has 0 radical (unpaired) electrons. The van der Waals surface area contributed by atoms with E-state index in [1.807, 2.05) is 4.90 Å². The quantitative estimate of drug-likeness (QED) is 0.391. The first-order valence-electron chi connectivity index (χ1n) is 9.12. The number of rotatable bonds is 6. The van der Waals surface area contributed by atoms with Gasteiger partial charge in [0.05, 0.1) is 23.8 Å². The lowest BCUT2D eigenvalue weighted by atomic mass is 10.1. The monoisotopic (exact) mass is 452 g/mol. The van der Waals surface area contributed by atoms with E-state index >= 15 is 0 Å². The third-order valence-electron chi connectivity index (χ3n) is 4.36. The van der Waals surface area contributed by atoms with Crippen molar-refractivity contribution >= 4 is 40.3 Å². The number of para-hydroxylation sites is 2. The molecule has 12 heteroatoms. The van der Waals surface area contributed by atoms with Crippen LogP contribution in [0.25, 0.3) is 0 Å². The zero-order chi connectivity index (χ0) is 22.4. The number of alkyl halides is 2. The summed E-state index contributed by atoms with van der Waals surface area (Å²) in [4.78, 5) is 25.3. The van der Waals surface area contributed by atoms with Crippen LogP contribution in [0.2, 0.25) is 0 Å². The molecule has 1 saturated heterocycles. The summed E-state index contributed by atoms with van der Waals surface area (Å²) in [5.41, 5.74) is 0.319. The topological polar surface area (TPSA) is 106 Å². The Hall–Kier alpha value is -3.38. The molecule has 0 aromatic heterocycles. The second-order valence-corrected chi connectivity index (χ2v) is 6.75. The smallest absolute Gasteiger partial charge is 0.387 e. The Morgan fingerprint density at radius 2 is 1.94 bits per heavy atom. The van der Waals surface area contributed by atoms with Crippen LogP contribution in [0.3, 0.4) is 0 Å². The van der Waals surface area contributed by atoms with Gasteiger partial charge in [-0.15, -0.1) is 0 Å². The van der Waals surface area contributed by atoms with E-state index in [4.69, 9.17) is 17.0 Å². The highest BCUT2D eigenvalue weighted by Crippen LogP contribution is 2.30. The Balaban J connectivity index is 1.72. The van der Waals surface area contributed by atoms with Gasteiger partial charge >= 0.3 is 6.61 Å². The molecule has 1 amide bonds. The van der Waals surface area contributed by atoms with Gasteiger partial charge in [0.15, 0.2) is 5.11 Å². The van der Waals surface area contributed by atoms with Crippen molar-refractivity contribution in [1.82, 2.24) is 5.32 Å². The molecule has 0 unspecified atom stereocenters. The molecule has 0 bridgehead atoms. The molecular formula is C19H18F2N4O5S. The number of thiocarbonyl (C=S) groups is 1. The number of halogens is 2. The second kappa shape index (κ2) is 10.1. The van der Waals surface area contributed by atoms with E-state index in [9.17, 15) is 23.7 Å². The summed E-state index contributed by atoms with van der Waals surface area (Å²) in [6.07, 6.45) is 0. The molecule has 31 heavy (non-hydrogen) atoms. The maximum atomic E-state index is 12.5. The molecule has 1 heterocycles. The minimum atomic E-state index is -3.03. The molecule has 1 fully saturated rings. The molecule has 9 nitrogen and oxygen atoms in total. The molecule has 1 aliphatic heterocycles. The SMILES string of the molecule is O=C(NC(=S)Nc1ccccc1OC(F)F)c1ccc(N2CCOCC2)c([N+](=O)[O-])c1. The maximum Gasteiger partial charge on any atom is 0.387 e. The molecule has 0 spiro atoms. The highest BCUT2D eigenvalue weighted by Gasteiger charge is 2.23. The highest BCUT2D eigenvalue weighted by atomic mass is 32.1. The van der Waals surface area contributed by atoms with Gasteiger partial charge < -0.3 is 19.7 Å². The van der Waals surface area contributed by atoms with Crippen molar-refractivity contribution in [1.29, 1.82) is 0 Å². The van der Waals surface area contributed by atoms with E-state index in [0.717, 1.165) is 6.07 Å². The minimum absolute atomic E-state index is 0.0185. The predicted molar refractivity (Wildman–Crippen MR) is 113 cm³/mol. The standard InChI is InChI=1S/C19H18F2N4O5S/c20-18(21)30-16-4-2-1-3-13(16)22-19(31)23-17(26)12-5-6-14(15(11-12)25(27)28)24-7-9-29-10-8-24/h1-6,11,18H,7-10H2,(H2,22,23,26,31). The van der Waals surface area contributed by atoms with Crippen molar-refractivity contribution in [3.05, 3.63) is 58.1 Å². The number of anilines is 2. The first kappa shape index (κ1) is 22.3. The number of ether oxygens (including phenoxy) is 2. The number of morpholine rings is 1. The van der Waals surface area contributed by atoms with Crippen LogP contribution < -0.4 is 20.3 Å². The maximum absolute atomic E-state index is 12.5. The van der Waals surface area contributed by atoms with E-state index in [-0.39, 0.29) is 27.8 Å². The summed E-state index contributed by atoms with van der Waals surface area (Å²) in [6.45, 7) is -1.12. The van der Waals surface area contributed by atoms with Crippen molar-refractivity contribution in [2.24, 2.45) is 0 Å². The average Bonchev–Trinajstić information content (AvgIpc) is 2.75. The lowest BCUT2D eigenvalue weighted by Gasteiger charge is -2.28. The number of carbonyl (C=O) groups is 1. The molecular weight excluding hydrogens is 434 g/mol. The number of nitrogens with one attached hydrogen (secondary N) is 2. The van der Waals surface area contributed by atoms with Gasteiger partial charge in [-0.1, -0.05) is 12.1 Å². The summed E-state index contributed by atoms with van der Waals surface area (Å²) in [6, 6.07) is 9.93. The van der Waals surface area contributed by atoms with Crippen molar-refractivity contribution in [2.45, 2.75) is 6.61 Å². The minimum Gasteiger partial charge on any atom is -0.433 e. The number of hydrogen-bond acceptors (Lipinski definition) is 7. The number of benzene rings is 2. The normalized spacial score (nSPS) is 13.6. The van der Waals surface area contributed by atoms with Gasteiger partial charge in [-0.05, 0) is 36.5 Å². The summed E-state index contributed by atoms with van der Waals surface area (Å²) in [5, 5.41) is 16.3. The zero-order valence-corrected chi connectivity index (χ0v) is 16.9. The fraction of sp³-hybridized carbons (Fsp3) is 0.263. The van der Waals surface area contributed by atoms with Crippen LogP contribution >= 0.6 is 12.2 Å². The van der Waals surface area contributed by atoms with Gasteiger partial charge in [-0.2, -0.15) is 8.78 Å². The van der Waals surface area contributed by atoms with Gasteiger partial charge in [0.1, 0.15) is 11.4 Å². The Bertz CT molecular complexity index is 986. The Morgan fingerprint density at radius 1 is 1.23 bits per heavy atom. The van der Waals surface area contributed by atoms with Crippen molar-refractivity contribution in [3.8, 4) is 5.75 Å². The molecule has 2 aromatic carbocycles. The number of hydrogen-bond donors (Lipinski definition) is 2. The Morgan fingerprint density at radius 3 is 2.61 bits per heavy atom. The third kappa shape index (κ3) is 5.83. The van der Waals surface area contributed by atoms with Crippen LogP contribution in [0, 0.1) is 10.1 Å². The molecule has 2 aromatic rings.